The van der Waals surface area contributed by atoms with Gasteiger partial charge < -0.3 is 15.0 Å². The van der Waals surface area contributed by atoms with Crippen molar-refractivity contribution < 1.29 is 5.11 Å². The summed E-state index contributed by atoms with van der Waals surface area (Å²) in [5.41, 5.74) is 3.25. The highest BCUT2D eigenvalue weighted by Gasteiger charge is 2.14. The third kappa shape index (κ3) is 2.57. The minimum atomic E-state index is -0.427. The SMILES string of the molecule is CCN(CC)CC(O)c1cccc2[nH]c(C)cc12. The summed E-state index contributed by atoms with van der Waals surface area (Å²) in [6, 6.07) is 8.18. The van der Waals surface area contributed by atoms with Crippen molar-refractivity contribution in [2.45, 2.75) is 26.9 Å². The van der Waals surface area contributed by atoms with E-state index in [2.05, 4.69) is 35.9 Å². The lowest BCUT2D eigenvalue weighted by Gasteiger charge is -2.22. The maximum atomic E-state index is 10.4. The first-order chi connectivity index (χ1) is 8.65. The molecule has 0 saturated heterocycles. The molecule has 0 amide bonds. The lowest BCUT2D eigenvalue weighted by Crippen LogP contribution is -2.28. The van der Waals surface area contributed by atoms with Crippen LogP contribution >= 0.6 is 0 Å². The smallest absolute Gasteiger partial charge is 0.0923 e. The molecule has 0 aliphatic carbocycles. The Bertz CT molecular complexity index is 514. The van der Waals surface area contributed by atoms with E-state index in [9.17, 15) is 5.11 Å². The Hall–Kier alpha value is -1.32. The van der Waals surface area contributed by atoms with Crippen LogP contribution in [0.5, 0.6) is 0 Å². The van der Waals surface area contributed by atoms with Gasteiger partial charge in [0.1, 0.15) is 0 Å². The highest BCUT2D eigenvalue weighted by molar-refractivity contribution is 5.84. The van der Waals surface area contributed by atoms with Crippen LogP contribution in [-0.4, -0.2) is 34.6 Å². The number of hydrogen-bond donors (Lipinski definition) is 2. The number of fused-ring (bicyclic) bond motifs is 1. The van der Waals surface area contributed by atoms with Crippen molar-refractivity contribution in [2.75, 3.05) is 19.6 Å². The molecule has 0 bridgehead atoms. The Balaban J connectivity index is 2.29. The summed E-state index contributed by atoms with van der Waals surface area (Å²) in [6.07, 6.45) is -0.427. The van der Waals surface area contributed by atoms with Crippen molar-refractivity contribution in [2.24, 2.45) is 0 Å². The highest BCUT2D eigenvalue weighted by atomic mass is 16.3. The Morgan fingerprint density at radius 1 is 1.28 bits per heavy atom. The van der Waals surface area contributed by atoms with Gasteiger partial charge >= 0.3 is 0 Å². The molecule has 98 valence electrons. The van der Waals surface area contributed by atoms with Crippen LogP contribution in [0, 0.1) is 6.92 Å². The number of benzene rings is 1. The Morgan fingerprint density at radius 3 is 2.67 bits per heavy atom. The molecule has 0 aliphatic rings. The van der Waals surface area contributed by atoms with Crippen LogP contribution in [-0.2, 0) is 0 Å². The quantitative estimate of drug-likeness (QED) is 0.851. The minimum Gasteiger partial charge on any atom is -0.387 e. The summed E-state index contributed by atoms with van der Waals surface area (Å²) >= 11 is 0. The number of aromatic amines is 1. The average Bonchev–Trinajstić information content (AvgIpc) is 2.75. The number of likely N-dealkylation sites (N-methyl/N-ethyl adjacent to an activating group) is 1. The van der Waals surface area contributed by atoms with E-state index in [1.54, 1.807) is 0 Å². The zero-order valence-corrected chi connectivity index (χ0v) is 11.4. The van der Waals surface area contributed by atoms with Gasteiger partial charge in [-0.2, -0.15) is 0 Å². The van der Waals surface area contributed by atoms with Crippen molar-refractivity contribution in [3.63, 3.8) is 0 Å². The van der Waals surface area contributed by atoms with E-state index in [4.69, 9.17) is 0 Å². The van der Waals surface area contributed by atoms with Crippen LogP contribution in [0.25, 0.3) is 10.9 Å². The molecule has 0 fully saturated rings. The topological polar surface area (TPSA) is 39.3 Å². The third-order valence-electron chi connectivity index (χ3n) is 3.52. The number of nitrogens with one attached hydrogen (secondary N) is 1. The number of H-pyrrole nitrogens is 1. The number of aryl methyl sites for hydroxylation is 1. The second kappa shape index (κ2) is 5.55. The van der Waals surface area contributed by atoms with Gasteiger partial charge in [-0.05, 0) is 37.7 Å². The fraction of sp³-hybridized carbons (Fsp3) is 0.467. The summed E-state index contributed by atoms with van der Waals surface area (Å²) < 4.78 is 0. The molecule has 3 nitrogen and oxygen atoms in total. The van der Waals surface area contributed by atoms with E-state index in [0.29, 0.717) is 6.54 Å². The van der Waals surface area contributed by atoms with Gasteiger partial charge in [0.2, 0.25) is 0 Å². The van der Waals surface area contributed by atoms with Crippen molar-refractivity contribution in [3.8, 4) is 0 Å². The fourth-order valence-corrected chi connectivity index (χ4v) is 2.43. The molecule has 1 unspecified atom stereocenters. The molecule has 3 heteroatoms. The maximum Gasteiger partial charge on any atom is 0.0923 e. The van der Waals surface area contributed by atoms with Crippen LogP contribution in [0.1, 0.15) is 31.2 Å². The van der Waals surface area contributed by atoms with Gasteiger partial charge in [-0.25, -0.2) is 0 Å². The van der Waals surface area contributed by atoms with Crippen LogP contribution in [0.3, 0.4) is 0 Å². The number of aromatic nitrogens is 1. The van der Waals surface area contributed by atoms with E-state index in [1.165, 1.54) is 0 Å². The Labute approximate surface area is 108 Å². The van der Waals surface area contributed by atoms with E-state index in [1.807, 2.05) is 19.1 Å². The van der Waals surface area contributed by atoms with Crippen molar-refractivity contribution in [1.82, 2.24) is 9.88 Å². The van der Waals surface area contributed by atoms with Gasteiger partial charge in [0.15, 0.2) is 0 Å². The number of aliphatic hydroxyl groups excluding tert-OH is 1. The molecule has 1 heterocycles. The number of aliphatic hydroxyl groups is 1. The third-order valence-corrected chi connectivity index (χ3v) is 3.52. The molecule has 0 aliphatic heterocycles. The molecule has 1 atom stereocenters. The molecule has 1 aromatic heterocycles. The van der Waals surface area contributed by atoms with Gasteiger partial charge in [-0.1, -0.05) is 26.0 Å². The lowest BCUT2D eigenvalue weighted by molar-refractivity contribution is 0.120. The molecule has 18 heavy (non-hydrogen) atoms. The van der Waals surface area contributed by atoms with E-state index in [0.717, 1.165) is 35.2 Å². The lowest BCUT2D eigenvalue weighted by atomic mass is 10.0. The Kier molecular flexibility index (Phi) is 4.04. The first kappa shape index (κ1) is 13.1. The predicted octanol–water partition coefficient (Wildman–Crippen LogP) is 2.85. The molecule has 1 aromatic carbocycles. The first-order valence-corrected chi connectivity index (χ1v) is 6.64. The zero-order chi connectivity index (χ0) is 13.1. The number of rotatable bonds is 5. The second-order valence-electron chi connectivity index (χ2n) is 4.76. The van der Waals surface area contributed by atoms with Gasteiger partial charge in [0, 0.05) is 23.1 Å². The second-order valence-corrected chi connectivity index (χ2v) is 4.76. The molecule has 0 spiro atoms. The van der Waals surface area contributed by atoms with Crippen molar-refractivity contribution in [3.05, 3.63) is 35.5 Å². The monoisotopic (exact) mass is 246 g/mol. The van der Waals surface area contributed by atoms with Gasteiger partial charge in [-0.15, -0.1) is 0 Å². The van der Waals surface area contributed by atoms with Crippen LogP contribution in [0.15, 0.2) is 24.3 Å². The summed E-state index contributed by atoms with van der Waals surface area (Å²) in [6.45, 7) is 8.91. The molecule has 2 rings (SSSR count). The molecule has 0 saturated carbocycles. The van der Waals surface area contributed by atoms with Crippen LogP contribution in [0.2, 0.25) is 0 Å². The molecule has 0 radical (unpaired) electrons. The number of nitrogens with zero attached hydrogens (tertiary/aromatic N) is 1. The minimum absolute atomic E-state index is 0.427. The van der Waals surface area contributed by atoms with Crippen molar-refractivity contribution >= 4 is 10.9 Å². The maximum absolute atomic E-state index is 10.4. The predicted molar refractivity (Wildman–Crippen MR) is 75.8 cm³/mol. The average molecular weight is 246 g/mol. The van der Waals surface area contributed by atoms with E-state index < -0.39 is 6.10 Å². The molecule has 2 aromatic rings. The first-order valence-electron chi connectivity index (χ1n) is 6.64. The highest BCUT2D eigenvalue weighted by Crippen LogP contribution is 2.25. The van der Waals surface area contributed by atoms with Crippen LogP contribution < -0.4 is 0 Å². The van der Waals surface area contributed by atoms with Crippen molar-refractivity contribution in [1.29, 1.82) is 0 Å². The summed E-state index contributed by atoms with van der Waals surface area (Å²) in [5.74, 6) is 0. The molecular weight excluding hydrogens is 224 g/mol. The van der Waals surface area contributed by atoms with Crippen LogP contribution in [0.4, 0.5) is 0 Å². The van der Waals surface area contributed by atoms with Gasteiger partial charge in [0.05, 0.1) is 6.10 Å². The summed E-state index contributed by atoms with van der Waals surface area (Å²) in [4.78, 5) is 5.55. The summed E-state index contributed by atoms with van der Waals surface area (Å²) in [5, 5.41) is 11.5. The molecular formula is C15H22N2O. The van der Waals surface area contributed by atoms with Gasteiger partial charge in [0.25, 0.3) is 0 Å². The number of hydrogen-bond acceptors (Lipinski definition) is 2. The Morgan fingerprint density at radius 2 is 2.00 bits per heavy atom. The van der Waals surface area contributed by atoms with E-state index >= 15 is 0 Å². The molecule has 2 N–H and O–H groups in total. The van der Waals surface area contributed by atoms with E-state index in [-0.39, 0.29) is 0 Å². The standard InChI is InChI=1S/C15H22N2O/c1-4-17(5-2)10-15(18)12-7-6-8-14-13(12)9-11(3)16-14/h6-9,15-16,18H,4-5,10H2,1-3H3. The van der Waals surface area contributed by atoms with Gasteiger partial charge in [-0.3, -0.25) is 0 Å². The fourth-order valence-electron chi connectivity index (χ4n) is 2.43. The zero-order valence-electron chi connectivity index (χ0n) is 11.4. The largest absolute Gasteiger partial charge is 0.387 e. The summed E-state index contributed by atoms with van der Waals surface area (Å²) in [7, 11) is 0. The normalized spacial score (nSPS) is 13.4.